The molecule has 1 fully saturated rings. The SMILES string of the molecule is COc1ccc(CC(NC(=O)[C@@H]2CCC[C@@H]2CN)c2ccc(OC)cc2)cc1. The summed E-state index contributed by atoms with van der Waals surface area (Å²) in [5, 5.41) is 3.29. The van der Waals surface area contributed by atoms with Crippen LogP contribution in [0.2, 0.25) is 0 Å². The van der Waals surface area contributed by atoms with Crippen LogP contribution in [0.1, 0.15) is 36.4 Å². The maximum atomic E-state index is 13.0. The van der Waals surface area contributed by atoms with Crippen LogP contribution in [0.15, 0.2) is 48.5 Å². The van der Waals surface area contributed by atoms with Crippen molar-refractivity contribution >= 4 is 5.91 Å². The Balaban J connectivity index is 1.79. The van der Waals surface area contributed by atoms with Crippen molar-refractivity contribution in [3.63, 3.8) is 0 Å². The van der Waals surface area contributed by atoms with Gasteiger partial charge in [0, 0.05) is 5.92 Å². The van der Waals surface area contributed by atoms with Crippen molar-refractivity contribution in [3.05, 3.63) is 59.7 Å². The van der Waals surface area contributed by atoms with E-state index in [0.717, 1.165) is 41.9 Å². The van der Waals surface area contributed by atoms with Gasteiger partial charge in [0.15, 0.2) is 0 Å². The monoisotopic (exact) mass is 382 g/mol. The number of hydrogen-bond acceptors (Lipinski definition) is 4. The highest BCUT2D eigenvalue weighted by Gasteiger charge is 2.33. The molecule has 1 unspecified atom stereocenters. The summed E-state index contributed by atoms with van der Waals surface area (Å²) in [7, 11) is 3.31. The lowest BCUT2D eigenvalue weighted by molar-refractivity contribution is -0.126. The minimum Gasteiger partial charge on any atom is -0.497 e. The van der Waals surface area contributed by atoms with Crippen LogP contribution in [-0.2, 0) is 11.2 Å². The Morgan fingerprint density at radius 2 is 1.64 bits per heavy atom. The third-order valence-electron chi connectivity index (χ3n) is 5.73. The number of carbonyl (C=O) groups excluding carboxylic acids is 1. The fourth-order valence-corrected chi connectivity index (χ4v) is 4.03. The molecule has 0 spiro atoms. The fraction of sp³-hybridized carbons (Fsp3) is 0.435. The number of benzene rings is 2. The second kappa shape index (κ2) is 9.60. The topological polar surface area (TPSA) is 73.6 Å². The van der Waals surface area contributed by atoms with Crippen LogP contribution < -0.4 is 20.5 Å². The number of hydrogen-bond donors (Lipinski definition) is 2. The average Bonchev–Trinajstić information content (AvgIpc) is 3.23. The maximum Gasteiger partial charge on any atom is 0.223 e. The zero-order valence-electron chi connectivity index (χ0n) is 16.7. The zero-order valence-corrected chi connectivity index (χ0v) is 16.7. The molecule has 0 saturated heterocycles. The van der Waals surface area contributed by atoms with Gasteiger partial charge in [-0.05, 0) is 67.1 Å². The molecule has 0 heterocycles. The van der Waals surface area contributed by atoms with Gasteiger partial charge in [-0.25, -0.2) is 0 Å². The minimum absolute atomic E-state index is 0.0154. The van der Waals surface area contributed by atoms with Gasteiger partial charge in [0.05, 0.1) is 20.3 Å². The van der Waals surface area contributed by atoms with E-state index in [2.05, 4.69) is 5.32 Å². The molecule has 1 saturated carbocycles. The summed E-state index contributed by atoms with van der Waals surface area (Å²) < 4.78 is 10.5. The molecule has 3 N–H and O–H groups in total. The van der Waals surface area contributed by atoms with Crippen LogP contribution in [-0.4, -0.2) is 26.7 Å². The van der Waals surface area contributed by atoms with Gasteiger partial charge in [0.25, 0.3) is 0 Å². The number of nitrogens with two attached hydrogens (primary N) is 1. The lowest BCUT2D eigenvalue weighted by Crippen LogP contribution is -2.38. The first-order valence-corrected chi connectivity index (χ1v) is 9.92. The minimum atomic E-state index is -0.106. The van der Waals surface area contributed by atoms with E-state index < -0.39 is 0 Å². The van der Waals surface area contributed by atoms with Crippen molar-refractivity contribution in [2.75, 3.05) is 20.8 Å². The highest BCUT2D eigenvalue weighted by atomic mass is 16.5. The molecule has 0 aliphatic heterocycles. The molecule has 1 amide bonds. The molecule has 5 heteroatoms. The van der Waals surface area contributed by atoms with E-state index in [4.69, 9.17) is 15.2 Å². The molecule has 2 aromatic rings. The van der Waals surface area contributed by atoms with Gasteiger partial charge in [0.1, 0.15) is 11.5 Å². The molecule has 0 radical (unpaired) electrons. The number of amides is 1. The number of rotatable bonds is 8. The Morgan fingerprint density at radius 1 is 1.04 bits per heavy atom. The first kappa shape index (κ1) is 20.2. The van der Waals surface area contributed by atoms with Crippen LogP contribution in [0.25, 0.3) is 0 Å². The predicted molar refractivity (Wildman–Crippen MR) is 110 cm³/mol. The quantitative estimate of drug-likeness (QED) is 0.733. The number of carbonyl (C=O) groups is 1. The first-order valence-electron chi connectivity index (χ1n) is 9.92. The molecule has 28 heavy (non-hydrogen) atoms. The standard InChI is InChI=1S/C23H30N2O3/c1-27-19-10-6-16(7-11-19)14-22(17-8-12-20(28-2)13-9-17)25-23(26)21-5-3-4-18(21)15-24/h6-13,18,21-22H,3-5,14-15,24H2,1-2H3,(H,25,26)/t18-,21-,22?/m1/s1. The summed E-state index contributed by atoms with van der Waals surface area (Å²) in [5.74, 6) is 2.05. The van der Waals surface area contributed by atoms with E-state index >= 15 is 0 Å². The van der Waals surface area contributed by atoms with Gasteiger partial charge >= 0.3 is 0 Å². The van der Waals surface area contributed by atoms with Crippen LogP contribution in [0.4, 0.5) is 0 Å². The Labute approximate surface area is 167 Å². The van der Waals surface area contributed by atoms with E-state index in [-0.39, 0.29) is 23.8 Å². The molecule has 3 rings (SSSR count). The molecular formula is C23H30N2O3. The molecular weight excluding hydrogens is 352 g/mol. The summed E-state index contributed by atoms with van der Waals surface area (Å²) in [5.41, 5.74) is 8.09. The van der Waals surface area contributed by atoms with Gasteiger partial charge in [-0.3, -0.25) is 4.79 Å². The van der Waals surface area contributed by atoms with E-state index in [1.54, 1.807) is 14.2 Å². The summed E-state index contributed by atoms with van der Waals surface area (Å²) in [6.07, 6.45) is 3.75. The number of methoxy groups -OCH3 is 2. The molecule has 5 nitrogen and oxygen atoms in total. The van der Waals surface area contributed by atoms with Crippen molar-refractivity contribution < 1.29 is 14.3 Å². The lowest BCUT2D eigenvalue weighted by Gasteiger charge is -2.24. The van der Waals surface area contributed by atoms with Crippen molar-refractivity contribution in [1.29, 1.82) is 0 Å². The van der Waals surface area contributed by atoms with Crippen molar-refractivity contribution in [1.82, 2.24) is 5.32 Å². The number of nitrogens with one attached hydrogen (secondary N) is 1. The normalized spacial score (nSPS) is 19.8. The highest BCUT2D eigenvalue weighted by Crippen LogP contribution is 2.32. The van der Waals surface area contributed by atoms with Crippen LogP contribution >= 0.6 is 0 Å². The van der Waals surface area contributed by atoms with Gasteiger partial charge < -0.3 is 20.5 Å². The van der Waals surface area contributed by atoms with E-state index in [1.165, 1.54) is 0 Å². The van der Waals surface area contributed by atoms with E-state index in [1.807, 2.05) is 48.5 Å². The fourth-order valence-electron chi connectivity index (χ4n) is 4.03. The van der Waals surface area contributed by atoms with Gasteiger partial charge in [-0.15, -0.1) is 0 Å². The second-order valence-electron chi connectivity index (χ2n) is 7.42. The van der Waals surface area contributed by atoms with Crippen molar-refractivity contribution in [2.24, 2.45) is 17.6 Å². The average molecular weight is 383 g/mol. The van der Waals surface area contributed by atoms with Gasteiger partial charge in [-0.2, -0.15) is 0 Å². The zero-order chi connectivity index (χ0) is 19.9. The molecule has 150 valence electrons. The molecule has 0 bridgehead atoms. The van der Waals surface area contributed by atoms with Crippen LogP contribution in [0.3, 0.4) is 0 Å². The second-order valence-corrected chi connectivity index (χ2v) is 7.42. The summed E-state index contributed by atoms with van der Waals surface area (Å²) >= 11 is 0. The van der Waals surface area contributed by atoms with E-state index in [0.29, 0.717) is 13.0 Å². The highest BCUT2D eigenvalue weighted by molar-refractivity contribution is 5.79. The van der Waals surface area contributed by atoms with Gasteiger partial charge in [0.2, 0.25) is 5.91 Å². The van der Waals surface area contributed by atoms with E-state index in [9.17, 15) is 4.79 Å². The largest absolute Gasteiger partial charge is 0.497 e. The molecule has 1 aliphatic rings. The summed E-state index contributed by atoms with van der Waals surface area (Å²) in [4.78, 5) is 13.0. The van der Waals surface area contributed by atoms with Gasteiger partial charge in [-0.1, -0.05) is 30.7 Å². The summed E-state index contributed by atoms with van der Waals surface area (Å²) in [6, 6.07) is 15.8. The van der Waals surface area contributed by atoms with Crippen LogP contribution in [0, 0.1) is 11.8 Å². The third kappa shape index (κ3) is 4.84. The van der Waals surface area contributed by atoms with Crippen LogP contribution in [0.5, 0.6) is 11.5 Å². The summed E-state index contributed by atoms with van der Waals surface area (Å²) in [6.45, 7) is 0.573. The molecule has 2 aromatic carbocycles. The Hall–Kier alpha value is -2.53. The Bertz CT molecular complexity index is 758. The Kier molecular flexibility index (Phi) is 6.93. The lowest BCUT2D eigenvalue weighted by atomic mass is 9.93. The third-order valence-corrected chi connectivity index (χ3v) is 5.73. The molecule has 1 aliphatic carbocycles. The molecule has 3 atom stereocenters. The molecule has 0 aromatic heterocycles. The first-order chi connectivity index (χ1) is 13.6. The number of ether oxygens (including phenoxy) is 2. The Morgan fingerprint density at radius 3 is 2.21 bits per heavy atom. The smallest absolute Gasteiger partial charge is 0.223 e. The van der Waals surface area contributed by atoms with Crippen molar-refractivity contribution in [2.45, 2.75) is 31.7 Å². The maximum absolute atomic E-state index is 13.0. The predicted octanol–water partition coefficient (Wildman–Crippen LogP) is 3.48. The van der Waals surface area contributed by atoms with Crippen molar-refractivity contribution in [3.8, 4) is 11.5 Å².